The maximum absolute atomic E-state index is 12.8. The number of hydrogen-bond acceptors (Lipinski definition) is 5. The molecule has 4 rings (SSSR count). The Kier molecular flexibility index (Phi) is 5.16. The summed E-state index contributed by atoms with van der Waals surface area (Å²) in [6.07, 6.45) is 5.67. The van der Waals surface area contributed by atoms with Gasteiger partial charge in [0.15, 0.2) is 5.69 Å². The summed E-state index contributed by atoms with van der Waals surface area (Å²) in [6, 6.07) is 7.68. The van der Waals surface area contributed by atoms with Crippen LogP contribution < -0.4 is 5.32 Å². The van der Waals surface area contributed by atoms with Crippen molar-refractivity contribution in [1.82, 2.24) is 25.0 Å². The Morgan fingerprint density at radius 1 is 1.28 bits per heavy atom. The summed E-state index contributed by atoms with van der Waals surface area (Å²) in [6.45, 7) is 5.00. The van der Waals surface area contributed by atoms with Gasteiger partial charge < -0.3 is 14.6 Å². The Hall–Kier alpha value is -3.42. The lowest BCUT2D eigenvalue weighted by Gasteiger charge is -2.28. The summed E-state index contributed by atoms with van der Waals surface area (Å²) in [4.78, 5) is 31.1. The molecule has 8 nitrogen and oxygen atoms in total. The van der Waals surface area contributed by atoms with Crippen LogP contribution in [0.2, 0.25) is 0 Å². The minimum absolute atomic E-state index is 0.109. The Balaban J connectivity index is 1.37. The third kappa shape index (κ3) is 4.21. The lowest BCUT2D eigenvalue weighted by Crippen LogP contribution is -2.36. The van der Waals surface area contributed by atoms with Crippen LogP contribution in [-0.4, -0.2) is 38.0 Å². The maximum atomic E-state index is 12.8. The smallest absolute Gasteiger partial charge is 0.276 e. The number of aromatic nitrogens is 3. The van der Waals surface area contributed by atoms with Gasteiger partial charge in [0, 0.05) is 19.3 Å². The number of amides is 2. The largest absolute Gasteiger partial charge is 0.446 e. The van der Waals surface area contributed by atoms with E-state index in [4.69, 9.17) is 4.42 Å². The number of carbonyl (C=O) groups excluding carboxylic acids is 2. The molecule has 1 aromatic carbocycles. The molecule has 1 aliphatic heterocycles. The van der Waals surface area contributed by atoms with Crippen LogP contribution in [0.1, 0.15) is 46.0 Å². The summed E-state index contributed by atoms with van der Waals surface area (Å²) in [5.74, 6) is -0.0740. The fourth-order valence-corrected chi connectivity index (χ4v) is 3.47. The highest BCUT2D eigenvalue weighted by Gasteiger charge is 2.25. The van der Waals surface area contributed by atoms with Crippen molar-refractivity contribution in [3.63, 3.8) is 0 Å². The molecule has 3 heterocycles. The van der Waals surface area contributed by atoms with Crippen molar-refractivity contribution >= 4 is 11.8 Å². The highest BCUT2D eigenvalue weighted by Crippen LogP contribution is 2.21. The van der Waals surface area contributed by atoms with Crippen molar-refractivity contribution in [2.24, 2.45) is 0 Å². The van der Waals surface area contributed by atoms with Crippen molar-refractivity contribution in [2.45, 2.75) is 39.4 Å². The molecule has 0 radical (unpaired) electrons. The van der Waals surface area contributed by atoms with E-state index in [1.807, 2.05) is 25.1 Å². The number of rotatable bonds is 5. The summed E-state index contributed by atoms with van der Waals surface area (Å²) >= 11 is 0. The Morgan fingerprint density at radius 2 is 2.07 bits per heavy atom. The topological polar surface area (TPSA) is 93.3 Å². The van der Waals surface area contributed by atoms with E-state index in [0.717, 1.165) is 17.5 Å². The number of hydrogen-bond donors (Lipinski definition) is 1. The van der Waals surface area contributed by atoms with Gasteiger partial charge in [-0.2, -0.15) is 5.10 Å². The summed E-state index contributed by atoms with van der Waals surface area (Å²) in [7, 11) is 0. The van der Waals surface area contributed by atoms with Gasteiger partial charge in [-0.1, -0.05) is 24.3 Å². The average molecular weight is 393 g/mol. The Morgan fingerprint density at radius 3 is 2.83 bits per heavy atom. The molecule has 2 aromatic heterocycles. The van der Waals surface area contributed by atoms with Crippen molar-refractivity contribution in [3.05, 3.63) is 71.2 Å². The molecule has 2 amide bonds. The van der Waals surface area contributed by atoms with Gasteiger partial charge in [-0.15, -0.1) is 0 Å². The second kappa shape index (κ2) is 7.90. The highest BCUT2D eigenvalue weighted by molar-refractivity contribution is 5.92. The van der Waals surface area contributed by atoms with Gasteiger partial charge in [-0.3, -0.25) is 14.3 Å². The molecule has 29 heavy (non-hydrogen) atoms. The lowest BCUT2D eigenvalue weighted by molar-refractivity contribution is -0.122. The number of benzene rings is 1. The minimum Gasteiger partial charge on any atom is -0.446 e. The van der Waals surface area contributed by atoms with Crippen LogP contribution in [0.15, 0.2) is 47.3 Å². The highest BCUT2D eigenvalue weighted by atomic mass is 16.3. The van der Waals surface area contributed by atoms with Crippen LogP contribution in [0.4, 0.5) is 0 Å². The second-order valence-electron chi connectivity index (χ2n) is 7.32. The minimum atomic E-state index is -0.456. The van der Waals surface area contributed by atoms with E-state index in [0.29, 0.717) is 19.0 Å². The summed E-state index contributed by atoms with van der Waals surface area (Å²) < 4.78 is 7.03. The molecule has 1 atom stereocenters. The molecule has 0 aliphatic carbocycles. The quantitative estimate of drug-likeness (QED) is 0.718. The fourth-order valence-electron chi connectivity index (χ4n) is 3.47. The van der Waals surface area contributed by atoms with Gasteiger partial charge >= 0.3 is 0 Å². The van der Waals surface area contributed by atoms with Crippen LogP contribution in [-0.2, 0) is 24.3 Å². The molecule has 8 heteroatoms. The fraction of sp³-hybridized carbons (Fsp3) is 0.333. The first-order valence-corrected chi connectivity index (χ1v) is 9.59. The third-order valence-corrected chi connectivity index (χ3v) is 4.97. The first-order chi connectivity index (χ1) is 14.0. The molecule has 0 fully saturated rings. The number of nitrogens with one attached hydrogen (secondary N) is 1. The standard InChI is InChI=1S/C21H23N5O3/c1-14-9-22-26(10-14)12-19(27)23-15(2)20-24-18(13-29-20)21(28)25-8-7-16-5-3-4-6-17(16)11-25/h3-6,9-10,13,15H,7-8,11-12H2,1-2H3,(H,23,27)/t15-/m0/s1. The van der Waals surface area contributed by atoms with E-state index in [1.165, 1.54) is 11.8 Å². The number of nitrogens with zero attached hydrogens (tertiary/aromatic N) is 4. The van der Waals surface area contributed by atoms with Gasteiger partial charge in [0.2, 0.25) is 11.8 Å². The Labute approximate surface area is 168 Å². The van der Waals surface area contributed by atoms with Crippen molar-refractivity contribution in [1.29, 1.82) is 0 Å². The van der Waals surface area contributed by atoms with E-state index in [1.54, 1.807) is 28.9 Å². The summed E-state index contributed by atoms with van der Waals surface area (Å²) in [5.41, 5.74) is 3.68. The van der Waals surface area contributed by atoms with Crippen LogP contribution in [0, 0.1) is 6.92 Å². The number of carbonyl (C=O) groups is 2. The molecule has 0 bridgehead atoms. The van der Waals surface area contributed by atoms with Gasteiger partial charge in [-0.05, 0) is 37.0 Å². The van der Waals surface area contributed by atoms with E-state index in [-0.39, 0.29) is 24.1 Å². The van der Waals surface area contributed by atoms with Gasteiger partial charge in [0.1, 0.15) is 18.8 Å². The molecule has 0 saturated heterocycles. The zero-order valence-corrected chi connectivity index (χ0v) is 16.5. The van der Waals surface area contributed by atoms with Gasteiger partial charge in [-0.25, -0.2) is 4.98 Å². The average Bonchev–Trinajstić information content (AvgIpc) is 3.36. The number of fused-ring (bicyclic) bond motifs is 1. The maximum Gasteiger partial charge on any atom is 0.276 e. The molecule has 1 aliphatic rings. The predicted octanol–water partition coefficient (Wildman–Crippen LogP) is 2.26. The molecule has 0 unspecified atom stereocenters. The normalized spacial score (nSPS) is 14.3. The second-order valence-corrected chi connectivity index (χ2v) is 7.32. The first-order valence-electron chi connectivity index (χ1n) is 9.59. The monoisotopic (exact) mass is 393 g/mol. The van der Waals surface area contributed by atoms with Gasteiger partial charge in [0.25, 0.3) is 5.91 Å². The van der Waals surface area contributed by atoms with Crippen molar-refractivity contribution in [3.8, 4) is 0 Å². The first kappa shape index (κ1) is 18.9. The third-order valence-electron chi connectivity index (χ3n) is 4.97. The van der Waals surface area contributed by atoms with E-state index >= 15 is 0 Å². The molecular weight excluding hydrogens is 370 g/mol. The van der Waals surface area contributed by atoms with Crippen molar-refractivity contribution in [2.75, 3.05) is 6.54 Å². The molecule has 150 valence electrons. The van der Waals surface area contributed by atoms with E-state index in [2.05, 4.69) is 21.5 Å². The number of oxazole rings is 1. The zero-order chi connectivity index (χ0) is 20.4. The molecule has 3 aromatic rings. The molecule has 0 spiro atoms. The van der Waals surface area contributed by atoms with Gasteiger partial charge in [0.05, 0.1) is 6.20 Å². The summed E-state index contributed by atoms with van der Waals surface area (Å²) in [5, 5.41) is 6.92. The van der Waals surface area contributed by atoms with Crippen LogP contribution in [0.25, 0.3) is 0 Å². The van der Waals surface area contributed by atoms with E-state index < -0.39 is 6.04 Å². The SMILES string of the molecule is Cc1cnn(CC(=O)N[C@@H](C)c2nc(C(=O)N3CCc4ccccc4C3)co2)c1. The molecule has 1 N–H and O–H groups in total. The molecule has 0 saturated carbocycles. The van der Waals surface area contributed by atoms with Crippen LogP contribution in [0.3, 0.4) is 0 Å². The number of aryl methyl sites for hydroxylation is 1. The lowest BCUT2D eigenvalue weighted by atomic mass is 10.00. The predicted molar refractivity (Wildman–Crippen MR) is 105 cm³/mol. The Bertz CT molecular complexity index is 1040. The van der Waals surface area contributed by atoms with Crippen LogP contribution in [0.5, 0.6) is 0 Å². The molecular formula is C21H23N5O3. The van der Waals surface area contributed by atoms with Crippen molar-refractivity contribution < 1.29 is 14.0 Å². The van der Waals surface area contributed by atoms with Crippen LogP contribution >= 0.6 is 0 Å². The zero-order valence-electron chi connectivity index (χ0n) is 16.5. The van der Waals surface area contributed by atoms with E-state index in [9.17, 15) is 9.59 Å².